The molecule has 4 N–H and O–H groups in total. The maximum atomic E-state index is 11.5. The summed E-state index contributed by atoms with van der Waals surface area (Å²) < 4.78 is 5.06. The van der Waals surface area contributed by atoms with E-state index in [9.17, 15) is 4.79 Å². The molecule has 0 unspecified atom stereocenters. The average Bonchev–Trinajstić information content (AvgIpc) is 2.43. The minimum Gasteiger partial charge on any atom is -0.497 e. The summed E-state index contributed by atoms with van der Waals surface area (Å²) in [6.45, 7) is 0.770. The molecule has 0 aliphatic heterocycles. The van der Waals surface area contributed by atoms with E-state index in [1.54, 1.807) is 7.11 Å². The van der Waals surface area contributed by atoms with Crippen molar-refractivity contribution < 1.29 is 14.4 Å². The molecule has 0 spiro atoms. The fraction of sp³-hybridized carbons (Fsp3) is 0.385. The zero-order valence-corrected chi connectivity index (χ0v) is 12.8. The molecule has 0 bridgehead atoms. The van der Waals surface area contributed by atoms with E-state index in [4.69, 9.17) is 17.0 Å². The van der Waals surface area contributed by atoms with Crippen LogP contribution in [0.25, 0.3) is 0 Å². The Kier molecular flexibility index (Phi) is 6.75. The Morgan fingerprint density at radius 3 is 2.45 bits per heavy atom. The second kappa shape index (κ2) is 8.34. The van der Waals surface area contributed by atoms with Crippen LogP contribution in [0.3, 0.4) is 0 Å². The highest BCUT2D eigenvalue weighted by Crippen LogP contribution is 2.14. The van der Waals surface area contributed by atoms with Gasteiger partial charge < -0.3 is 15.0 Å². The lowest BCUT2D eigenvalue weighted by Crippen LogP contribution is -3.05. The molecule has 0 atom stereocenters. The molecule has 0 fully saturated rings. The van der Waals surface area contributed by atoms with Gasteiger partial charge in [0.2, 0.25) is 5.91 Å². The van der Waals surface area contributed by atoms with Gasteiger partial charge in [-0.15, -0.1) is 0 Å². The lowest BCUT2D eigenvalue weighted by atomic mass is 10.3. The number of amides is 1. The van der Waals surface area contributed by atoms with E-state index >= 15 is 0 Å². The summed E-state index contributed by atoms with van der Waals surface area (Å²) >= 11 is 5.08. The molecule has 1 rings (SSSR count). The van der Waals surface area contributed by atoms with E-state index in [0.29, 0.717) is 11.5 Å². The number of hydrogen-bond donors (Lipinski definition) is 4. The predicted molar refractivity (Wildman–Crippen MR) is 82.8 cm³/mol. The molecule has 6 nitrogen and oxygen atoms in total. The quantitative estimate of drug-likeness (QED) is 0.438. The van der Waals surface area contributed by atoms with Gasteiger partial charge in [0.15, 0.2) is 5.11 Å². The summed E-state index contributed by atoms with van der Waals surface area (Å²) in [4.78, 5) is 12.7. The van der Waals surface area contributed by atoms with Gasteiger partial charge in [0.25, 0.3) is 0 Å². The van der Waals surface area contributed by atoms with Crippen molar-refractivity contribution in [1.82, 2.24) is 10.9 Å². The molecule has 1 aromatic rings. The average molecular weight is 297 g/mol. The predicted octanol–water partition coefficient (Wildman–Crippen LogP) is -0.453. The fourth-order valence-electron chi connectivity index (χ4n) is 1.39. The van der Waals surface area contributed by atoms with E-state index in [0.717, 1.165) is 18.0 Å². The lowest BCUT2D eigenvalue weighted by Gasteiger charge is -2.12. The number of thiocarbonyl (C=S) groups is 1. The molecule has 0 saturated carbocycles. The topological polar surface area (TPSA) is 66.8 Å². The zero-order valence-electron chi connectivity index (χ0n) is 11.9. The summed E-state index contributed by atoms with van der Waals surface area (Å²) in [6, 6.07) is 7.32. The third-order valence-electron chi connectivity index (χ3n) is 2.52. The minimum absolute atomic E-state index is 0.0925. The van der Waals surface area contributed by atoms with Gasteiger partial charge in [-0.25, -0.2) is 0 Å². The highest BCUT2D eigenvalue weighted by molar-refractivity contribution is 7.80. The van der Waals surface area contributed by atoms with E-state index in [1.807, 2.05) is 38.4 Å². The van der Waals surface area contributed by atoms with Crippen molar-refractivity contribution in [2.24, 2.45) is 0 Å². The van der Waals surface area contributed by atoms with Crippen LogP contribution in [-0.2, 0) is 4.79 Å². The summed E-state index contributed by atoms with van der Waals surface area (Å²) in [6.07, 6.45) is 0.445. The van der Waals surface area contributed by atoms with Crippen molar-refractivity contribution in [3.05, 3.63) is 24.3 Å². The van der Waals surface area contributed by atoms with Gasteiger partial charge in [0.05, 0.1) is 34.2 Å². The second-order valence-electron chi connectivity index (χ2n) is 4.56. The number of carbonyl (C=O) groups is 1. The van der Waals surface area contributed by atoms with E-state index in [1.165, 1.54) is 4.90 Å². The van der Waals surface area contributed by atoms with Crippen LogP contribution in [-0.4, -0.2) is 38.8 Å². The van der Waals surface area contributed by atoms with Crippen LogP contribution < -0.4 is 25.8 Å². The van der Waals surface area contributed by atoms with Crippen molar-refractivity contribution in [2.45, 2.75) is 6.42 Å². The van der Waals surface area contributed by atoms with Crippen LogP contribution in [0.15, 0.2) is 24.3 Å². The number of benzene rings is 1. The van der Waals surface area contributed by atoms with Gasteiger partial charge >= 0.3 is 0 Å². The molecule has 0 aliphatic rings. The molecule has 20 heavy (non-hydrogen) atoms. The third-order valence-corrected chi connectivity index (χ3v) is 2.72. The minimum atomic E-state index is -0.0925. The highest BCUT2D eigenvalue weighted by Gasteiger charge is 2.04. The van der Waals surface area contributed by atoms with Crippen LogP contribution in [0.5, 0.6) is 5.75 Å². The third kappa shape index (κ3) is 6.35. The van der Waals surface area contributed by atoms with E-state index in [2.05, 4.69) is 16.2 Å². The Hall–Kier alpha value is -1.86. The molecule has 1 aromatic carbocycles. The number of methoxy groups -OCH3 is 1. The number of anilines is 1. The summed E-state index contributed by atoms with van der Waals surface area (Å²) in [5.74, 6) is 0.680. The maximum absolute atomic E-state index is 11.5. The molecule has 0 radical (unpaired) electrons. The second-order valence-corrected chi connectivity index (χ2v) is 4.97. The van der Waals surface area contributed by atoms with Crippen LogP contribution in [0.1, 0.15) is 6.42 Å². The molecule has 0 heterocycles. The standard InChI is InChI=1S/C13H20N4O2S/c1-17(2)9-8-12(18)15-16-13(20)14-10-4-6-11(19-3)7-5-10/h4-7H,8-9H2,1-3H3,(H,15,18)(H2,14,16,20)/p+1. The smallest absolute Gasteiger partial charge is 0.244 e. The largest absolute Gasteiger partial charge is 0.497 e. The maximum Gasteiger partial charge on any atom is 0.244 e. The van der Waals surface area contributed by atoms with Crippen molar-refractivity contribution in [1.29, 1.82) is 0 Å². The Morgan fingerprint density at radius 2 is 1.90 bits per heavy atom. The van der Waals surface area contributed by atoms with Crippen LogP contribution in [0.4, 0.5) is 5.69 Å². The number of hydrogen-bond acceptors (Lipinski definition) is 3. The zero-order chi connectivity index (χ0) is 15.0. The lowest BCUT2D eigenvalue weighted by molar-refractivity contribution is -0.857. The Balaban J connectivity index is 2.30. The molecule has 7 heteroatoms. The number of ether oxygens (including phenoxy) is 1. The molecular formula is C13H21N4O2S+. The molecule has 0 aliphatic carbocycles. The molecule has 1 amide bonds. The van der Waals surface area contributed by atoms with Gasteiger partial charge in [0.1, 0.15) is 5.75 Å². The first-order valence-corrected chi connectivity index (χ1v) is 6.71. The van der Waals surface area contributed by atoms with Crippen LogP contribution in [0, 0.1) is 0 Å². The van der Waals surface area contributed by atoms with Crippen molar-refractivity contribution in [2.75, 3.05) is 33.1 Å². The summed E-state index contributed by atoms with van der Waals surface area (Å²) in [5, 5.41) is 3.29. The molecule has 110 valence electrons. The number of hydrazine groups is 1. The van der Waals surface area contributed by atoms with Crippen molar-refractivity contribution in [3.8, 4) is 5.75 Å². The Labute approximate surface area is 124 Å². The number of carbonyl (C=O) groups excluding carboxylic acids is 1. The number of rotatable bonds is 5. The molecule has 0 saturated heterocycles. The number of quaternary nitrogens is 1. The van der Waals surface area contributed by atoms with Gasteiger partial charge in [-0.3, -0.25) is 15.6 Å². The molecular weight excluding hydrogens is 276 g/mol. The van der Waals surface area contributed by atoms with E-state index in [-0.39, 0.29) is 5.91 Å². The molecule has 0 aromatic heterocycles. The first-order valence-electron chi connectivity index (χ1n) is 6.30. The van der Waals surface area contributed by atoms with Gasteiger partial charge in [-0.05, 0) is 36.5 Å². The first-order chi connectivity index (χ1) is 9.51. The van der Waals surface area contributed by atoms with Gasteiger partial charge in [-0.2, -0.15) is 0 Å². The van der Waals surface area contributed by atoms with Gasteiger partial charge in [0, 0.05) is 5.69 Å². The Bertz CT molecular complexity index is 448. The first kappa shape index (κ1) is 16.2. The van der Waals surface area contributed by atoms with Gasteiger partial charge in [-0.1, -0.05) is 0 Å². The fourth-order valence-corrected chi connectivity index (χ4v) is 1.56. The van der Waals surface area contributed by atoms with E-state index < -0.39 is 0 Å². The summed E-state index contributed by atoms with van der Waals surface area (Å²) in [5.41, 5.74) is 6.03. The monoisotopic (exact) mass is 297 g/mol. The van der Waals surface area contributed by atoms with Crippen LogP contribution in [0.2, 0.25) is 0 Å². The van der Waals surface area contributed by atoms with Crippen LogP contribution >= 0.6 is 12.2 Å². The van der Waals surface area contributed by atoms with Crippen molar-refractivity contribution >= 4 is 28.9 Å². The normalized spacial score (nSPS) is 10.0. The SMILES string of the molecule is COc1ccc(NC(=S)NNC(=O)CC[NH+](C)C)cc1. The number of nitrogens with one attached hydrogen (secondary N) is 4. The van der Waals surface area contributed by atoms with Crippen molar-refractivity contribution in [3.63, 3.8) is 0 Å². The Morgan fingerprint density at radius 1 is 1.25 bits per heavy atom. The summed E-state index contributed by atoms with van der Waals surface area (Å²) in [7, 11) is 5.60. The highest BCUT2D eigenvalue weighted by atomic mass is 32.1.